The minimum Gasteiger partial charge on any atom is -0.354 e. The van der Waals surface area contributed by atoms with Crippen LogP contribution in [0.3, 0.4) is 0 Å². The van der Waals surface area contributed by atoms with Crippen molar-refractivity contribution in [2.45, 2.75) is 18.9 Å². The zero-order valence-electron chi connectivity index (χ0n) is 10.8. The predicted molar refractivity (Wildman–Crippen MR) is 75.5 cm³/mol. The molecule has 1 aromatic heterocycles. The van der Waals surface area contributed by atoms with E-state index < -0.39 is 0 Å². The molecule has 0 aliphatic carbocycles. The van der Waals surface area contributed by atoms with Crippen LogP contribution in [0.5, 0.6) is 0 Å². The summed E-state index contributed by atoms with van der Waals surface area (Å²) in [5, 5.41) is 11.9. The van der Waals surface area contributed by atoms with E-state index >= 15 is 0 Å². The summed E-state index contributed by atoms with van der Waals surface area (Å²) >= 11 is 5.84. The van der Waals surface area contributed by atoms with E-state index in [1.54, 1.807) is 6.07 Å². The van der Waals surface area contributed by atoms with E-state index in [1.165, 1.54) is 0 Å². The second-order valence-corrected chi connectivity index (χ2v) is 5.19. The highest BCUT2D eigenvalue weighted by Crippen LogP contribution is 2.26. The molecular weight excluding hydrogens is 276 g/mol. The fraction of sp³-hybridized carbons (Fsp3) is 0.357. The van der Waals surface area contributed by atoms with E-state index in [0.29, 0.717) is 30.8 Å². The lowest BCUT2D eigenvalue weighted by Gasteiger charge is -2.14. The van der Waals surface area contributed by atoms with E-state index in [9.17, 15) is 4.79 Å². The standard InChI is InChI=1S/C14H13ClN4O/c15-4-3-13-18-11-2-1-9(7-16)5-12(11)19(13)10-6-14(20)17-8-10/h1-2,5,10H,3-4,6,8H2,(H,17,20). The number of halogens is 1. The number of rotatable bonds is 3. The highest BCUT2D eigenvalue weighted by atomic mass is 35.5. The molecule has 2 heterocycles. The average Bonchev–Trinajstić information content (AvgIpc) is 3.01. The molecule has 5 nitrogen and oxygen atoms in total. The van der Waals surface area contributed by atoms with Crippen molar-refractivity contribution >= 4 is 28.5 Å². The highest BCUT2D eigenvalue weighted by molar-refractivity contribution is 6.17. The van der Waals surface area contributed by atoms with E-state index in [4.69, 9.17) is 16.9 Å². The first kappa shape index (κ1) is 12.9. The minimum absolute atomic E-state index is 0.0414. The van der Waals surface area contributed by atoms with Crippen molar-refractivity contribution in [2.24, 2.45) is 0 Å². The monoisotopic (exact) mass is 288 g/mol. The number of carbonyl (C=O) groups is 1. The van der Waals surface area contributed by atoms with Gasteiger partial charge in [0.05, 0.1) is 28.7 Å². The molecule has 20 heavy (non-hydrogen) atoms. The van der Waals surface area contributed by atoms with Gasteiger partial charge in [-0.25, -0.2) is 4.98 Å². The minimum atomic E-state index is 0.0414. The van der Waals surface area contributed by atoms with Crippen molar-refractivity contribution in [1.82, 2.24) is 14.9 Å². The number of aromatic nitrogens is 2. The summed E-state index contributed by atoms with van der Waals surface area (Å²) in [5.74, 6) is 1.39. The second-order valence-electron chi connectivity index (χ2n) is 4.81. The van der Waals surface area contributed by atoms with Gasteiger partial charge < -0.3 is 9.88 Å². The van der Waals surface area contributed by atoms with E-state index in [-0.39, 0.29) is 11.9 Å². The summed E-state index contributed by atoms with van der Waals surface area (Å²) in [6.07, 6.45) is 1.08. The number of nitriles is 1. The molecule has 1 saturated heterocycles. The first-order valence-electron chi connectivity index (χ1n) is 6.46. The van der Waals surface area contributed by atoms with Crippen LogP contribution in [0.25, 0.3) is 11.0 Å². The Hall–Kier alpha value is -2.06. The zero-order valence-corrected chi connectivity index (χ0v) is 11.5. The summed E-state index contributed by atoms with van der Waals surface area (Å²) < 4.78 is 2.05. The Labute approximate surface area is 121 Å². The Bertz CT molecular complexity index is 716. The van der Waals surface area contributed by atoms with Gasteiger partial charge in [-0.3, -0.25) is 4.79 Å². The highest BCUT2D eigenvalue weighted by Gasteiger charge is 2.26. The number of amides is 1. The maximum absolute atomic E-state index is 11.5. The van der Waals surface area contributed by atoms with Gasteiger partial charge in [-0.1, -0.05) is 0 Å². The van der Waals surface area contributed by atoms with Gasteiger partial charge >= 0.3 is 0 Å². The molecule has 1 N–H and O–H groups in total. The van der Waals surface area contributed by atoms with Gasteiger partial charge in [0, 0.05) is 25.3 Å². The summed E-state index contributed by atoms with van der Waals surface area (Å²) in [4.78, 5) is 16.0. The van der Waals surface area contributed by atoms with Crippen molar-refractivity contribution in [3.63, 3.8) is 0 Å². The summed E-state index contributed by atoms with van der Waals surface area (Å²) in [7, 11) is 0. The number of carbonyl (C=O) groups excluding carboxylic acids is 1. The van der Waals surface area contributed by atoms with Gasteiger partial charge in [-0.2, -0.15) is 5.26 Å². The maximum atomic E-state index is 11.5. The second kappa shape index (κ2) is 5.14. The lowest BCUT2D eigenvalue weighted by Crippen LogP contribution is -2.17. The summed E-state index contributed by atoms with van der Waals surface area (Å²) in [6.45, 7) is 0.594. The normalized spacial score (nSPS) is 18.2. The number of benzene rings is 1. The fourth-order valence-electron chi connectivity index (χ4n) is 2.65. The van der Waals surface area contributed by atoms with Gasteiger partial charge in [-0.15, -0.1) is 11.6 Å². The third-order valence-corrected chi connectivity index (χ3v) is 3.72. The summed E-state index contributed by atoms with van der Waals surface area (Å²) in [5.41, 5.74) is 2.32. The van der Waals surface area contributed by atoms with Gasteiger partial charge in [0.1, 0.15) is 5.82 Å². The number of aryl methyl sites for hydroxylation is 1. The Kier molecular flexibility index (Phi) is 3.33. The molecule has 102 valence electrons. The molecule has 1 fully saturated rings. The molecule has 2 aromatic rings. The molecule has 0 bridgehead atoms. The van der Waals surface area contributed by atoms with Crippen molar-refractivity contribution in [2.75, 3.05) is 12.4 Å². The van der Waals surface area contributed by atoms with Crippen molar-refractivity contribution in [3.05, 3.63) is 29.6 Å². The van der Waals surface area contributed by atoms with Crippen LogP contribution in [0.4, 0.5) is 0 Å². The maximum Gasteiger partial charge on any atom is 0.222 e. The molecular formula is C14H13ClN4O. The first-order chi connectivity index (χ1) is 9.72. The number of hydrogen-bond donors (Lipinski definition) is 1. The predicted octanol–water partition coefficient (Wildman–Crippen LogP) is 1.75. The largest absolute Gasteiger partial charge is 0.354 e. The summed E-state index contributed by atoms with van der Waals surface area (Å²) in [6, 6.07) is 7.59. The van der Waals surface area contributed by atoms with Gasteiger partial charge in [-0.05, 0) is 18.2 Å². The smallest absolute Gasteiger partial charge is 0.222 e. The fourth-order valence-corrected chi connectivity index (χ4v) is 2.82. The van der Waals surface area contributed by atoms with Crippen LogP contribution in [-0.2, 0) is 11.2 Å². The number of imidazole rings is 1. The number of nitrogens with one attached hydrogen (secondary N) is 1. The van der Waals surface area contributed by atoms with Crippen LogP contribution in [-0.4, -0.2) is 27.9 Å². The molecule has 0 spiro atoms. The first-order valence-corrected chi connectivity index (χ1v) is 7.00. The molecule has 6 heteroatoms. The Morgan fingerprint density at radius 1 is 1.55 bits per heavy atom. The number of nitrogens with zero attached hydrogens (tertiary/aromatic N) is 3. The van der Waals surface area contributed by atoms with Crippen LogP contribution in [0.1, 0.15) is 23.9 Å². The Balaban J connectivity index is 2.16. The number of hydrogen-bond acceptors (Lipinski definition) is 3. The third-order valence-electron chi connectivity index (χ3n) is 3.53. The Morgan fingerprint density at radius 2 is 2.40 bits per heavy atom. The molecule has 0 saturated carbocycles. The molecule has 0 radical (unpaired) electrons. The van der Waals surface area contributed by atoms with Gasteiger partial charge in [0.25, 0.3) is 0 Å². The van der Waals surface area contributed by atoms with Crippen LogP contribution >= 0.6 is 11.6 Å². The van der Waals surface area contributed by atoms with Crippen LogP contribution in [0.15, 0.2) is 18.2 Å². The molecule has 3 rings (SSSR count). The van der Waals surface area contributed by atoms with Crippen LogP contribution in [0, 0.1) is 11.3 Å². The zero-order chi connectivity index (χ0) is 14.1. The van der Waals surface area contributed by atoms with Crippen molar-refractivity contribution < 1.29 is 4.79 Å². The van der Waals surface area contributed by atoms with Crippen LogP contribution in [0.2, 0.25) is 0 Å². The molecule has 1 aliphatic rings. The molecule has 1 unspecified atom stereocenters. The van der Waals surface area contributed by atoms with Crippen molar-refractivity contribution in [3.8, 4) is 6.07 Å². The molecule has 1 atom stereocenters. The molecule has 1 amide bonds. The average molecular weight is 289 g/mol. The van der Waals surface area contributed by atoms with E-state index in [0.717, 1.165) is 16.9 Å². The van der Waals surface area contributed by atoms with Crippen LogP contribution < -0.4 is 5.32 Å². The van der Waals surface area contributed by atoms with Gasteiger partial charge in [0.2, 0.25) is 5.91 Å². The lowest BCUT2D eigenvalue weighted by atomic mass is 10.2. The third kappa shape index (κ3) is 2.12. The topological polar surface area (TPSA) is 70.7 Å². The molecule has 1 aromatic carbocycles. The SMILES string of the molecule is N#Cc1ccc2nc(CCCl)n(C3CNC(=O)C3)c2c1. The van der Waals surface area contributed by atoms with Gasteiger partial charge in [0.15, 0.2) is 0 Å². The van der Waals surface area contributed by atoms with E-state index in [1.807, 2.05) is 12.1 Å². The van der Waals surface area contributed by atoms with Crippen molar-refractivity contribution in [1.29, 1.82) is 5.26 Å². The number of alkyl halides is 1. The Morgan fingerprint density at radius 3 is 3.05 bits per heavy atom. The van der Waals surface area contributed by atoms with E-state index in [2.05, 4.69) is 20.9 Å². The number of fused-ring (bicyclic) bond motifs is 1. The quantitative estimate of drug-likeness (QED) is 0.875. The molecule has 1 aliphatic heterocycles. The lowest BCUT2D eigenvalue weighted by molar-refractivity contribution is -0.119.